The van der Waals surface area contributed by atoms with E-state index in [0.717, 1.165) is 16.6 Å². The summed E-state index contributed by atoms with van der Waals surface area (Å²) < 4.78 is 0.969. The van der Waals surface area contributed by atoms with E-state index >= 15 is 0 Å². The molecule has 0 saturated carbocycles. The molecule has 1 nitrogen and oxygen atoms in total. The smallest absolute Gasteiger partial charge is 0.133 e. The Bertz CT molecular complexity index is 108. The van der Waals surface area contributed by atoms with Crippen LogP contribution in [0.3, 0.4) is 0 Å². The van der Waals surface area contributed by atoms with Crippen LogP contribution in [0.1, 0.15) is 39.5 Å². The third-order valence-electron chi connectivity index (χ3n) is 1.53. The molecule has 13 heavy (non-hydrogen) atoms. The van der Waals surface area contributed by atoms with Gasteiger partial charge in [0.15, 0.2) is 0 Å². The molecular formula is C9H19CeNS2. The van der Waals surface area contributed by atoms with E-state index in [2.05, 4.69) is 19.2 Å². The molecule has 0 aliphatic rings. The summed E-state index contributed by atoms with van der Waals surface area (Å²) >= 11 is 6.90. The Balaban J connectivity index is 0. The van der Waals surface area contributed by atoms with Gasteiger partial charge in [-0.25, -0.2) is 0 Å². The fourth-order valence-electron chi connectivity index (χ4n) is 0.727. The van der Waals surface area contributed by atoms with Crippen LogP contribution in [-0.2, 0) is 0 Å². The van der Waals surface area contributed by atoms with Gasteiger partial charge in [-0.1, -0.05) is 50.7 Å². The Morgan fingerprint density at radius 2 is 1.85 bits per heavy atom. The largest absolute Gasteiger partial charge is 0.371 e. The van der Waals surface area contributed by atoms with Crippen LogP contribution in [0.2, 0.25) is 0 Å². The topological polar surface area (TPSA) is 12.0 Å². The molecule has 0 aromatic heterocycles. The van der Waals surface area contributed by atoms with Gasteiger partial charge in [0.05, 0.1) is 0 Å². The van der Waals surface area contributed by atoms with Gasteiger partial charge in [0.1, 0.15) is 4.32 Å². The summed E-state index contributed by atoms with van der Waals surface area (Å²) in [6.45, 7) is 5.43. The van der Waals surface area contributed by atoms with E-state index in [9.17, 15) is 0 Å². The number of unbranched alkanes of at least 4 members (excludes halogenated alkanes) is 2. The Morgan fingerprint density at radius 3 is 2.38 bits per heavy atom. The van der Waals surface area contributed by atoms with Crippen LogP contribution < -0.4 is 5.32 Å². The minimum atomic E-state index is 0. The first kappa shape index (κ1) is 17.0. The molecule has 0 radical (unpaired) electrons. The molecule has 0 bridgehead atoms. The molecule has 0 aromatic rings. The summed E-state index contributed by atoms with van der Waals surface area (Å²) in [4.78, 5) is 0. The van der Waals surface area contributed by atoms with Crippen LogP contribution in [0.25, 0.3) is 0 Å². The molecule has 0 fully saturated rings. The Labute approximate surface area is 126 Å². The quantitative estimate of drug-likeness (QED) is 0.586. The molecule has 0 amide bonds. The van der Waals surface area contributed by atoms with E-state index in [-0.39, 0.29) is 41.7 Å². The number of hydrogen-bond acceptors (Lipinski definition) is 2. The van der Waals surface area contributed by atoms with Gasteiger partial charge in [0, 0.05) is 54.0 Å². The third kappa shape index (κ3) is 13.6. The maximum atomic E-state index is 5.13. The van der Waals surface area contributed by atoms with Crippen molar-refractivity contribution >= 4 is 28.3 Å². The molecule has 0 unspecified atom stereocenters. The van der Waals surface area contributed by atoms with Gasteiger partial charge in [-0.05, 0) is 12.8 Å². The zero-order valence-electron chi connectivity index (χ0n) is 8.56. The molecule has 76 valence electrons. The van der Waals surface area contributed by atoms with E-state index in [1.807, 2.05) is 0 Å². The average molecular weight is 346 g/mol. The van der Waals surface area contributed by atoms with E-state index in [1.54, 1.807) is 11.8 Å². The second kappa shape index (κ2) is 13.6. The van der Waals surface area contributed by atoms with Crippen molar-refractivity contribution in [1.29, 1.82) is 0 Å². The number of nitrogens with one attached hydrogen (secondary N) is 1. The molecule has 0 aliphatic heterocycles. The summed E-state index contributed by atoms with van der Waals surface area (Å²) in [5.74, 6) is 1.16. The first-order valence-electron chi connectivity index (χ1n) is 4.71. The maximum absolute atomic E-state index is 5.13. The molecule has 0 rings (SSSR count). The van der Waals surface area contributed by atoms with Gasteiger partial charge in [-0.3, -0.25) is 0 Å². The molecule has 0 heterocycles. The van der Waals surface area contributed by atoms with Crippen molar-refractivity contribution < 1.29 is 41.7 Å². The molecule has 0 aromatic carbocycles. The van der Waals surface area contributed by atoms with E-state index in [0.29, 0.717) is 0 Å². The Morgan fingerprint density at radius 1 is 1.23 bits per heavy atom. The predicted molar refractivity (Wildman–Crippen MR) is 62.9 cm³/mol. The summed E-state index contributed by atoms with van der Waals surface area (Å²) in [6.07, 6.45) is 4.97. The first-order valence-corrected chi connectivity index (χ1v) is 6.11. The van der Waals surface area contributed by atoms with Crippen molar-refractivity contribution in [2.45, 2.75) is 39.5 Å². The molecule has 1 N–H and O–H groups in total. The fraction of sp³-hybridized carbons (Fsp3) is 0.889. The zero-order valence-corrected chi connectivity index (χ0v) is 13.3. The Hall–Kier alpha value is 1.62. The fourth-order valence-corrected chi connectivity index (χ4v) is 1.90. The standard InChI is InChI=1S/C9H19NS2.Ce/c1-3-5-7-10-9(11)12-8-6-4-2;/h3-8H2,1-2H3,(H,10,11);. The van der Waals surface area contributed by atoms with Crippen molar-refractivity contribution in [3.63, 3.8) is 0 Å². The molecule has 4 heteroatoms. The monoisotopic (exact) mass is 345 g/mol. The van der Waals surface area contributed by atoms with Crippen molar-refractivity contribution in [2.24, 2.45) is 0 Å². The average Bonchev–Trinajstić information content (AvgIpc) is 2.06. The third-order valence-corrected chi connectivity index (χ3v) is 2.93. The van der Waals surface area contributed by atoms with Crippen LogP contribution in [0.5, 0.6) is 0 Å². The molecule has 0 saturated heterocycles. The summed E-state index contributed by atoms with van der Waals surface area (Å²) in [5, 5.41) is 3.24. The second-order valence-corrected chi connectivity index (χ2v) is 4.54. The minimum Gasteiger partial charge on any atom is -0.371 e. The van der Waals surface area contributed by atoms with Crippen molar-refractivity contribution in [2.75, 3.05) is 12.3 Å². The summed E-state index contributed by atoms with van der Waals surface area (Å²) in [6, 6.07) is 0. The first-order chi connectivity index (χ1) is 5.81. The van der Waals surface area contributed by atoms with Crippen molar-refractivity contribution in [1.82, 2.24) is 5.32 Å². The van der Waals surface area contributed by atoms with E-state index < -0.39 is 0 Å². The summed E-state index contributed by atoms with van der Waals surface area (Å²) in [7, 11) is 0. The van der Waals surface area contributed by atoms with Crippen molar-refractivity contribution in [3.05, 3.63) is 0 Å². The second-order valence-electron chi connectivity index (χ2n) is 2.77. The number of thioether (sulfide) groups is 1. The van der Waals surface area contributed by atoms with Gasteiger partial charge < -0.3 is 5.32 Å². The molecule has 0 atom stereocenters. The predicted octanol–water partition coefficient (Wildman–Crippen LogP) is 3.19. The minimum absolute atomic E-state index is 0. The number of thiocarbonyl (C=S) groups is 1. The molecule has 0 aliphatic carbocycles. The van der Waals surface area contributed by atoms with E-state index in [1.165, 1.54) is 25.7 Å². The molecule has 0 spiro atoms. The van der Waals surface area contributed by atoms with Crippen molar-refractivity contribution in [3.8, 4) is 0 Å². The van der Waals surface area contributed by atoms with Gasteiger partial charge in [0.2, 0.25) is 0 Å². The van der Waals surface area contributed by atoms with Crippen LogP contribution in [0.4, 0.5) is 0 Å². The zero-order chi connectivity index (χ0) is 9.23. The normalized spacial score (nSPS) is 9.08. The number of hydrogen-bond donors (Lipinski definition) is 1. The Kier molecular flexibility index (Phi) is 17.8. The SMILES string of the molecule is CCCCNC(=S)SCCCC.[Ce]. The van der Waals surface area contributed by atoms with Gasteiger partial charge >= 0.3 is 0 Å². The van der Waals surface area contributed by atoms with Gasteiger partial charge in [0.25, 0.3) is 0 Å². The van der Waals surface area contributed by atoms with E-state index in [4.69, 9.17) is 12.2 Å². The van der Waals surface area contributed by atoms with Crippen LogP contribution >= 0.6 is 24.0 Å². The van der Waals surface area contributed by atoms with Crippen LogP contribution in [-0.4, -0.2) is 16.6 Å². The number of rotatable bonds is 6. The van der Waals surface area contributed by atoms with Gasteiger partial charge in [-0.2, -0.15) is 0 Å². The van der Waals surface area contributed by atoms with Crippen LogP contribution in [0.15, 0.2) is 0 Å². The molecular weight excluding hydrogens is 326 g/mol. The maximum Gasteiger partial charge on any atom is 0.133 e. The van der Waals surface area contributed by atoms with Gasteiger partial charge in [-0.15, -0.1) is 0 Å². The summed E-state index contributed by atoms with van der Waals surface area (Å²) in [5.41, 5.74) is 0. The van der Waals surface area contributed by atoms with Crippen LogP contribution in [0, 0.1) is 41.7 Å².